The summed E-state index contributed by atoms with van der Waals surface area (Å²) >= 11 is 1.55. The van der Waals surface area contributed by atoms with Crippen LogP contribution in [0.15, 0.2) is 62.6 Å². The fourth-order valence-electron chi connectivity index (χ4n) is 2.92. The number of aliphatic hydroxyl groups is 1. The number of nitrogens with zero attached hydrogens (tertiary/aromatic N) is 3. The van der Waals surface area contributed by atoms with E-state index in [-0.39, 0.29) is 6.04 Å². The SMILES string of the molecule is CN=C1Nc2ncccc2C(c2ccco2)=NC1c1cc(C#CC(C)(C)O)cs1. The topological polar surface area (TPSA) is 83.0 Å². The second kappa shape index (κ2) is 7.66. The molecule has 3 aromatic rings. The van der Waals surface area contributed by atoms with Gasteiger partial charge < -0.3 is 14.8 Å². The first kappa shape index (κ1) is 19.1. The van der Waals surface area contributed by atoms with Crippen LogP contribution >= 0.6 is 11.3 Å². The Morgan fingerprint density at radius 2 is 2.17 bits per heavy atom. The number of nitrogens with one attached hydrogen (secondary N) is 1. The average molecular weight is 404 g/mol. The molecule has 29 heavy (non-hydrogen) atoms. The first-order valence-corrected chi connectivity index (χ1v) is 9.97. The molecular weight excluding hydrogens is 384 g/mol. The summed E-state index contributed by atoms with van der Waals surface area (Å²) in [5.74, 6) is 7.91. The lowest BCUT2D eigenvalue weighted by molar-refractivity contribution is 0.143. The number of aliphatic imine (C=N–C) groups is 2. The Hall–Kier alpha value is -3.21. The number of anilines is 1. The lowest BCUT2D eigenvalue weighted by Crippen LogP contribution is -2.19. The molecule has 0 amide bonds. The van der Waals surface area contributed by atoms with Gasteiger partial charge in [0, 0.05) is 34.6 Å². The monoisotopic (exact) mass is 404 g/mol. The van der Waals surface area contributed by atoms with Gasteiger partial charge in [0.25, 0.3) is 0 Å². The first-order chi connectivity index (χ1) is 13.9. The van der Waals surface area contributed by atoms with E-state index in [1.807, 2.05) is 35.7 Å². The van der Waals surface area contributed by atoms with E-state index in [9.17, 15) is 5.11 Å². The largest absolute Gasteiger partial charge is 0.463 e. The Morgan fingerprint density at radius 3 is 2.90 bits per heavy atom. The molecule has 4 rings (SSSR count). The first-order valence-electron chi connectivity index (χ1n) is 9.09. The lowest BCUT2D eigenvalue weighted by Gasteiger charge is -2.13. The molecule has 0 aliphatic carbocycles. The van der Waals surface area contributed by atoms with Crippen molar-refractivity contribution >= 4 is 28.7 Å². The molecule has 0 saturated carbocycles. The number of hydrogen-bond donors (Lipinski definition) is 2. The van der Waals surface area contributed by atoms with E-state index in [2.05, 4.69) is 27.1 Å². The van der Waals surface area contributed by atoms with Crippen LogP contribution in [0.1, 0.15) is 41.7 Å². The van der Waals surface area contributed by atoms with Gasteiger partial charge in [0.2, 0.25) is 0 Å². The van der Waals surface area contributed by atoms with Gasteiger partial charge in [-0.3, -0.25) is 9.98 Å². The summed E-state index contributed by atoms with van der Waals surface area (Å²) in [6.07, 6.45) is 3.36. The Balaban J connectivity index is 1.81. The number of aromatic nitrogens is 1. The molecule has 3 aromatic heterocycles. The van der Waals surface area contributed by atoms with Crippen molar-refractivity contribution in [1.82, 2.24) is 4.98 Å². The standard InChI is InChI=1S/C22H20N4O2S/c1-22(2,27)9-8-14-12-17(29-13-14)19-21(23-3)26-20-15(6-4-10-24-20)18(25-19)16-7-5-11-28-16/h4-7,10-13,19,27H,1-3H3,(H,23,24,26). The molecule has 4 heterocycles. The van der Waals surface area contributed by atoms with Gasteiger partial charge >= 0.3 is 0 Å². The maximum absolute atomic E-state index is 9.85. The molecule has 1 aliphatic heterocycles. The van der Waals surface area contributed by atoms with E-state index in [4.69, 9.17) is 9.41 Å². The van der Waals surface area contributed by atoms with Gasteiger partial charge in [-0.2, -0.15) is 0 Å². The van der Waals surface area contributed by atoms with E-state index in [1.54, 1.807) is 44.7 Å². The quantitative estimate of drug-likeness (QED) is 0.635. The Labute approximate surface area is 173 Å². The van der Waals surface area contributed by atoms with E-state index in [0.29, 0.717) is 23.1 Å². The van der Waals surface area contributed by atoms with Gasteiger partial charge in [0.1, 0.15) is 29.0 Å². The number of hydrogen-bond acceptors (Lipinski definition) is 6. The zero-order chi connectivity index (χ0) is 20.4. The smallest absolute Gasteiger partial charge is 0.152 e. The van der Waals surface area contributed by atoms with Crippen LogP contribution in [-0.2, 0) is 0 Å². The van der Waals surface area contributed by atoms with Crippen molar-refractivity contribution in [2.75, 3.05) is 12.4 Å². The number of rotatable bonds is 2. The fourth-order valence-corrected chi connectivity index (χ4v) is 3.80. The van der Waals surface area contributed by atoms with Gasteiger partial charge in [-0.05, 0) is 44.2 Å². The second-order valence-corrected chi connectivity index (χ2v) is 7.98. The van der Waals surface area contributed by atoms with E-state index < -0.39 is 5.60 Å². The zero-order valence-electron chi connectivity index (χ0n) is 16.3. The third-order valence-corrected chi connectivity index (χ3v) is 5.21. The summed E-state index contributed by atoms with van der Waals surface area (Å²) in [6, 6.07) is 9.18. The summed E-state index contributed by atoms with van der Waals surface area (Å²) < 4.78 is 5.65. The molecule has 0 radical (unpaired) electrons. The van der Waals surface area contributed by atoms with Crippen LogP contribution in [0.4, 0.5) is 5.82 Å². The van der Waals surface area contributed by atoms with E-state index in [0.717, 1.165) is 16.0 Å². The summed E-state index contributed by atoms with van der Waals surface area (Å²) in [5, 5.41) is 15.1. The molecule has 1 aliphatic rings. The third kappa shape index (κ3) is 4.14. The van der Waals surface area contributed by atoms with Gasteiger partial charge in [0.15, 0.2) is 5.76 Å². The van der Waals surface area contributed by atoms with Crippen molar-refractivity contribution in [2.45, 2.75) is 25.5 Å². The van der Waals surface area contributed by atoms with Crippen molar-refractivity contribution in [2.24, 2.45) is 9.98 Å². The Bertz CT molecular complexity index is 1140. The van der Waals surface area contributed by atoms with E-state index >= 15 is 0 Å². The molecule has 2 N–H and O–H groups in total. The molecule has 6 nitrogen and oxygen atoms in total. The van der Waals surface area contributed by atoms with Crippen molar-refractivity contribution in [1.29, 1.82) is 0 Å². The molecule has 0 aromatic carbocycles. The molecule has 0 saturated heterocycles. The molecule has 7 heteroatoms. The summed E-state index contributed by atoms with van der Waals surface area (Å²) in [6.45, 7) is 3.32. The van der Waals surface area contributed by atoms with Crippen LogP contribution in [0, 0.1) is 11.8 Å². The van der Waals surface area contributed by atoms with Crippen molar-refractivity contribution in [3.63, 3.8) is 0 Å². The Kier molecular flexibility index (Phi) is 5.05. The van der Waals surface area contributed by atoms with Gasteiger partial charge in [-0.15, -0.1) is 11.3 Å². The number of thiophene rings is 1. The van der Waals surface area contributed by atoms with Crippen LogP contribution in [0.5, 0.6) is 0 Å². The lowest BCUT2D eigenvalue weighted by atomic mass is 10.1. The maximum Gasteiger partial charge on any atom is 0.152 e. The molecular formula is C22H20N4O2S. The minimum absolute atomic E-state index is 0.350. The normalized spacial score (nSPS) is 17.6. The van der Waals surface area contributed by atoms with Crippen LogP contribution < -0.4 is 5.32 Å². The van der Waals surface area contributed by atoms with Crippen molar-refractivity contribution in [3.8, 4) is 11.8 Å². The molecule has 1 unspecified atom stereocenters. The highest BCUT2D eigenvalue weighted by Crippen LogP contribution is 2.32. The Morgan fingerprint density at radius 1 is 1.31 bits per heavy atom. The van der Waals surface area contributed by atoms with Gasteiger partial charge in [-0.25, -0.2) is 4.98 Å². The van der Waals surface area contributed by atoms with Crippen LogP contribution in [0.25, 0.3) is 0 Å². The number of pyridine rings is 1. The highest BCUT2D eigenvalue weighted by Gasteiger charge is 2.28. The molecule has 0 fully saturated rings. The highest BCUT2D eigenvalue weighted by molar-refractivity contribution is 7.10. The third-order valence-electron chi connectivity index (χ3n) is 4.22. The molecule has 146 valence electrons. The minimum atomic E-state index is -1.04. The number of furan rings is 1. The van der Waals surface area contributed by atoms with Crippen LogP contribution in [0.3, 0.4) is 0 Å². The average Bonchev–Trinajstić information content (AvgIpc) is 3.35. The summed E-state index contributed by atoms with van der Waals surface area (Å²) in [7, 11) is 1.73. The summed E-state index contributed by atoms with van der Waals surface area (Å²) in [5.41, 5.74) is 1.36. The zero-order valence-corrected chi connectivity index (χ0v) is 17.1. The maximum atomic E-state index is 9.85. The second-order valence-electron chi connectivity index (χ2n) is 7.04. The van der Waals surface area contributed by atoms with Crippen LogP contribution in [-0.4, -0.2) is 34.3 Å². The highest BCUT2D eigenvalue weighted by atomic mass is 32.1. The predicted octanol–water partition coefficient (Wildman–Crippen LogP) is 3.89. The molecule has 0 bridgehead atoms. The minimum Gasteiger partial charge on any atom is -0.463 e. The predicted molar refractivity (Wildman–Crippen MR) is 116 cm³/mol. The summed E-state index contributed by atoms with van der Waals surface area (Å²) in [4.78, 5) is 14.9. The molecule has 1 atom stereocenters. The molecule has 0 spiro atoms. The van der Waals surface area contributed by atoms with Crippen molar-refractivity contribution in [3.05, 3.63) is 69.9 Å². The number of fused-ring (bicyclic) bond motifs is 1. The van der Waals surface area contributed by atoms with E-state index in [1.165, 1.54) is 0 Å². The van der Waals surface area contributed by atoms with Crippen molar-refractivity contribution < 1.29 is 9.52 Å². The van der Waals surface area contributed by atoms with Gasteiger partial charge in [-0.1, -0.05) is 11.8 Å². The number of amidine groups is 1. The van der Waals surface area contributed by atoms with Gasteiger partial charge in [0.05, 0.1) is 6.26 Å². The fraction of sp³-hybridized carbons (Fsp3) is 0.227. The van der Waals surface area contributed by atoms with Crippen LogP contribution in [0.2, 0.25) is 0 Å².